The highest BCUT2D eigenvalue weighted by molar-refractivity contribution is 7.60. The van der Waals surface area contributed by atoms with Gasteiger partial charge >= 0.3 is 0 Å². The minimum absolute atomic E-state index is 0.0947. The summed E-state index contributed by atoms with van der Waals surface area (Å²) in [6.07, 6.45) is 2.39. The van der Waals surface area contributed by atoms with E-state index in [1.165, 1.54) is 6.16 Å². The Morgan fingerprint density at radius 2 is 1.25 bits per heavy atom. The van der Waals surface area contributed by atoms with E-state index < -0.39 is 0 Å². The quantitative estimate of drug-likeness (QED) is 0.447. The molecule has 0 aliphatic heterocycles. The topological polar surface area (TPSA) is 0 Å². The van der Waals surface area contributed by atoms with Gasteiger partial charge in [-0.1, -0.05) is 55.6 Å². The van der Waals surface area contributed by atoms with Crippen molar-refractivity contribution in [2.75, 3.05) is 6.16 Å². The Labute approximate surface area is 79.9 Å². The zero-order valence-corrected chi connectivity index (χ0v) is 10.5. The van der Waals surface area contributed by atoms with Crippen LogP contribution in [0.1, 0.15) is 48.0 Å². The molecule has 0 atom stereocenters. The molecule has 0 radical (unpaired) electrons. The number of hydrogen-bond donors (Lipinski definition) is 0. The first-order valence-electron chi connectivity index (χ1n) is 4.76. The standard InChI is InChI=1S/C11H24P/c1-8-9-12(10(2,3)4)11(5,6)7/h1,8-9H2,2-7H3/q-1. The maximum Gasteiger partial charge on any atom is -0.0175 e. The highest BCUT2D eigenvalue weighted by Gasteiger charge is 2.32. The summed E-state index contributed by atoms with van der Waals surface area (Å²) in [5.74, 6) is 0. The number of rotatable bonds is 2. The summed E-state index contributed by atoms with van der Waals surface area (Å²) < 4.78 is 0. The molecule has 1 heteroatoms. The normalized spacial score (nSPS) is 14.0. The minimum Gasteiger partial charge on any atom is -0.343 e. The van der Waals surface area contributed by atoms with Gasteiger partial charge in [0.2, 0.25) is 0 Å². The number of hydrogen-bond acceptors (Lipinski definition) is 0. The fourth-order valence-electron chi connectivity index (χ4n) is 1.84. The van der Waals surface area contributed by atoms with Gasteiger partial charge in [-0.05, 0) is 10.3 Å². The third kappa shape index (κ3) is 3.90. The summed E-state index contributed by atoms with van der Waals surface area (Å²) in [6.45, 7) is 18.1. The van der Waals surface area contributed by atoms with Crippen molar-refractivity contribution in [1.29, 1.82) is 0 Å². The van der Waals surface area contributed by atoms with E-state index in [9.17, 15) is 0 Å². The maximum absolute atomic E-state index is 3.97. The Kier molecular flexibility index (Phi) is 4.24. The first-order chi connectivity index (χ1) is 5.19. The summed E-state index contributed by atoms with van der Waals surface area (Å²) in [7, 11) is 0.0947. The van der Waals surface area contributed by atoms with E-state index in [0.29, 0.717) is 10.3 Å². The zero-order valence-electron chi connectivity index (χ0n) is 9.57. The molecule has 0 aliphatic rings. The molecule has 0 saturated carbocycles. The lowest BCUT2D eigenvalue weighted by atomic mass is 10.2. The first kappa shape index (κ1) is 12.4. The van der Waals surface area contributed by atoms with Crippen LogP contribution in [-0.2, 0) is 0 Å². The predicted molar refractivity (Wildman–Crippen MR) is 61.3 cm³/mol. The summed E-state index contributed by atoms with van der Waals surface area (Å²) in [5.41, 5.74) is 0. The lowest BCUT2D eigenvalue weighted by Crippen LogP contribution is -2.26. The molecule has 0 aliphatic carbocycles. The summed E-state index contributed by atoms with van der Waals surface area (Å²) in [5, 5.41) is 0.955. The van der Waals surface area contributed by atoms with Gasteiger partial charge in [0.1, 0.15) is 0 Å². The van der Waals surface area contributed by atoms with Gasteiger partial charge in [-0.15, -0.1) is 0 Å². The van der Waals surface area contributed by atoms with Gasteiger partial charge in [0.25, 0.3) is 0 Å². The largest absolute Gasteiger partial charge is 0.343 e. The predicted octanol–water partition coefficient (Wildman–Crippen LogP) is 4.29. The third-order valence-electron chi connectivity index (χ3n) is 2.00. The van der Waals surface area contributed by atoms with E-state index in [2.05, 4.69) is 48.5 Å². The van der Waals surface area contributed by atoms with Crippen LogP contribution in [0.3, 0.4) is 0 Å². The zero-order chi connectivity index (χ0) is 9.99. The van der Waals surface area contributed by atoms with Crippen molar-refractivity contribution in [1.82, 2.24) is 0 Å². The Morgan fingerprint density at radius 3 is 1.33 bits per heavy atom. The molecular weight excluding hydrogens is 163 g/mol. The van der Waals surface area contributed by atoms with Crippen molar-refractivity contribution >= 4 is 7.92 Å². The van der Waals surface area contributed by atoms with Crippen LogP contribution in [-0.4, -0.2) is 16.5 Å². The Hall–Kier alpha value is 0.430. The SMILES string of the molecule is [CH2-]CCP(C(C)(C)C)C(C)(C)C. The molecule has 0 rings (SSSR count). The molecular formula is C11H24P-. The average Bonchev–Trinajstić information content (AvgIpc) is 1.77. The molecule has 0 aromatic heterocycles. The van der Waals surface area contributed by atoms with Crippen LogP contribution in [0.4, 0.5) is 0 Å². The highest BCUT2D eigenvalue weighted by Crippen LogP contribution is 2.59. The molecule has 0 bridgehead atoms. The molecule has 0 aromatic carbocycles. The van der Waals surface area contributed by atoms with E-state index in [1.807, 2.05) is 0 Å². The molecule has 0 heterocycles. The molecule has 0 N–H and O–H groups in total. The van der Waals surface area contributed by atoms with Crippen LogP contribution in [0.2, 0.25) is 0 Å². The van der Waals surface area contributed by atoms with Gasteiger partial charge in [0.15, 0.2) is 0 Å². The van der Waals surface area contributed by atoms with Crippen molar-refractivity contribution in [2.24, 2.45) is 0 Å². The fraction of sp³-hybridized carbons (Fsp3) is 0.909. The summed E-state index contributed by atoms with van der Waals surface area (Å²) >= 11 is 0. The van der Waals surface area contributed by atoms with Crippen LogP contribution in [0.5, 0.6) is 0 Å². The van der Waals surface area contributed by atoms with Crippen LogP contribution >= 0.6 is 7.92 Å². The van der Waals surface area contributed by atoms with Gasteiger partial charge in [-0.2, -0.15) is 6.42 Å². The van der Waals surface area contributed by atoms with E-state index in [4.69, 9.17) is 0 Å². The summed E-state index contributed by atoms with van der Waals surface area (Å²) in [4.78, 5) is 0. The van der Waals surface area contributed by atoms with Gasteiger partial charge < -0.3 is 6.92 Å². The molecule has 12 heavy (non-hydrogen) atoms. The van der Waals surface area contributed by atoms with Crippen molar-refractivity contribution in [2.45, 2.75) is 58.3 Å². The molecule has 0 amide bonds. The van der Waals surface area contributed by atoms with Crippen molar-refractivity contribution in [3.05, 3.63) is 6.92 Å². The highest BCUT2D eigenvalue weighted by atomic mass is 31.1. The van der Waals surface area contributed by atoms with Gasteiger partial charge in [0, 0.05) is 0 Å². The van der Waals surface area contributed by atoms with Crippen LogP contribution in [0.25, 0.3) is 0 Å². The van der Waals surface area contributed by atoms with Crippen LogP contribution in [0.15, 0.2) is 0 Å². The van der Waals surface area contributed by atoms with Crippen molar-refractivity contribution in [3.63, 3.8) is 0 Å². The Bertz CT molecular complexity index is 111. The van der Waals surface area contributed by atoms with Crippen LogP contribution < -0.4 is 0 Å². The van der Waals surface area contributed by atoms with Gasteiger partial charge in [0.05, 0.1) is 0 Å². The molecule has 0 saturated heterocycles. The molecule has 0 unspecified atom stereocenters. The minimum atomic E-state index is 0.0947. The smallest absolute Gasteiger partial charge is 0.0175 e. The second-order valence-corrected chi connectivity index (χ2v) is 9.33. The lowest BCUT2D eigenvalue weighted by Gasteiger charge is -2.42. The Morgan fingerprint density at radius 1 is 0.917 bits per heavy atom. The van der Waals surface area contributed by atoms with Gasteiger partial charge in [-0.25, -0.2) is 0 Å². The molecule has 0 fully saturated rings. The van der Waals surface area contributed by atoms with Crippen molar-refractivity contribution < 1.29 is 0 Å². The lowest BCUT2D eigenvalue weighted by molar-refractivity contribution is 0.703. The summed E-state index contributed by atoms with van der Waals surface area (Å²) in [6, 6.07) is 0. The molecule has 0 nitrogen and oxygen atoms in total. The van der Waals surface area contributed by atoms with Crippen molar-refractivity contribution in [3.8, 4) is 0 Å². The monoisotopic (exact) mass is 187 g/mol. The second kappa shape index (κ2) is 4.09. The van der Waals surface area contributed by atoms with E-state index >= 15 is 0 Å². The molecule has 0 aromatic rings. The van der Waals surface area contributed by atoms with E-state index in [-0.39, 0.29) is 7.92 Å². The van der Waals surface area contributed by atoms with Gasteiger partial charge in [-0.3, -0.25) is 0 Å². The fourth-order valence-corrected chi connectivity index (χ4v) is 5.51. The Balaban J connectivity index is 4.45. The van der Waals surface area contributed by atoms with E-state index in [1.54, 1.807) is 0 Å². The molecule has 74 valence electrons. The second-order valence-electron chi connectivity index (χ2n) is 5.35. The molecule has 0 spiro atoms. The van der Waals surface area contributed by atoms with E-state index in [0.717, 1.165) is 6.42 Å². The first-order valence-corrected chi connectivity index (χ1v) is 6.29. The van der Waals surface area contributed by atoms with Crippen LogP contribution in [0, 0.1) is 6.92 Å². The average molecular weight is 187 g/mol. The third-order valence-corrected chi connectivity index (χ3v) is 6.00. The maximum atomic E-state index is 3.97.